The van der Waals surface area contributed by atoms with E-state index in [1.165, 1.54) is 0 Å². The molecule has 0 saturated carbocycles. The molecule has 1 aliphatic rings. The van der Waals surface area contributed by atoms with E-state index in [4.69, 9.17) is 0 Å². The molecule has 0 radical (unpaired) electrons. The number of likely N-dealkylation sites (N-methyl/N-ethyl adjacent to an activating group) is 1. The van der Waals surface area contributed by atoms with Gasteiger partial charge in [0, 0.05) is 30.1 Å². The molecule has 2 rings (SSSR count). The number of piperazine rings is 1. The lowest BCUT2D eigenvalue weighted by Gasteiger charge is -2.40. The number of anilines is 1. The molecule has 1 aromatic carbocycles. The molecule has 4 nitrogen and oxygen atoms in total. The molecular weight excluding hydrogens is 296 g/mol. The van der Waals surface area contributed by atoms with Gasteiger partial charge in [0.05, 0.1) is 11.3 Å². The molecule has 1 aromatic rings. The summed E-state index contributed by atoms with van der Waals surface area (Å²) in [6.45, 7) is 4.89. The topological polar surface area (TPSA) is 43.8 Å². The number of carbonyl (C=O) groups is 1. The van der Waals surface area contributed by atoms with Gasteiger partial charge in [-0.05, 0) is 32.2 Å². The lowest BCUT2D eigenvalue weighted by molar-refractivity contribution is 0.0697. The smallest absolute Gasteiger partial charge is 0.337 e. The molecule has 0 aliphatic carbocycles. The Labute approximate surface area is 115 Å². The first kappa shape index (κ1) is 13.4. The number of carboxylic acid groups (broad SMARTS) is 1. The van der Waals surface area contributed by atoms with Crippen LogP contribution in [0.3, 0.4) is 0 Å². The minimum atomic E-state index is -0.872. The third-order valence-corrected chi connectivity index (χ3v) is 3.82. The minimum Gasteiger partial charge on any atom is -0.478 e. The van der Waals surface area contributed by atoms with Crippen molar-refractivity contribution in [3.63, 3.8) is 0 Å². The van der Waals surface area contributed by atoms with E-state index in [1.54, 1.807) is 12.1 Å². The number of benzene rings is 1. The summed E-state index contributed by atoms with van der Waals surface area (Å²) in [4.78, 5) is 15.7. The summed E-state index contributed by atoms with van der Waals surface area (Å²) < 4.78 is 0.911. The van der Waals surface area contributed by atoms with Crippen LogP contribution >= 0.6 is 15.9 Å². The van der Waals surface area contributed by atoms with Crippen molar-refractivity contribution < 1.29 is 9.90 Å². The van der Waals surface area contributed by atoms with Gasteiger partial charge in [-0.15, -0.1) is 0 Å². The second-order valence-electron chi connectivity index (χ2n) is 4.77. The standard InChI is InChI=1S/C13H17BrN2O2/c1-9-8-15(2)5-6-16(9)12-7-10(14)3-4-11(12)13(17)18/h3-4,7,9H,5-6,8H2,1-2H3,(H,17,18). The molecule has 0 spiro atoms. The highest BCUT2D eigenvalue weighted by Crippen LogP contribution is 2.28. The molecule has 1 N–H and O–H groups in total. The number of carboxylic acids is 1. The molecule has 1 aliphatic heterocycles. The van der Waals surface area contributed by atoms with E-state index < -0.39 is 5.97 Å². The molecule has 18 heavy (non-hydrogen) atoms. The Bertz CT molecular complexity index is 464. The molecule has 5 heteroatoms. The Morgan fingerprint density at radius 2 is 2.17 bits per heavy atom. The summed E-state index contributed by atoms with van der Waals surface area (Å²) in [5, 5.41) is 9.27. The van der Waals surface area contributed by atoms with Crippen LogP contribution in [0.2, 0.25) is 0 Å². The maximum atomic E-state index is 11.3. The van der Waals surface area contributed by atoms with E-state index >= 15 is 0 Å². The summed E-state index contributed by atoms with van der Waals surface area (Å²) in [5.41, 5.74) is 1.17. The SMILES string of the molecule is CC1CN(C)CCN1c1cc(Br)ccc1C(=O)O. The largest absolute Gasteiger partial charge is 0.478 e. The molecule has 1 unspecified atom stereocenters. The van der Waals surface area contributed by atoms with Crippen LogP contribution in [0.1, 0.15) is 17.3 Å². The normalized spacial score (nSPS) is 21.1. The van der Waals surface area contributed by atoms with Crippen LogP contribution < -0.4 is 4.90 Å². The highest BCUT2D eigenvalue weighted by molar-refractivity contribution is 9.10. The Hall–Kier alpha value is -1.07. The zero-order valence-electron chi connectivity index (χ0n) is 10.6. The first-order valence-electron chi connectivity index (χ1n) is 5.97. The number of halogens is 1. The Morgan fingerprint density at radius 1 is 1.44 bits per heavy atom. The van der Waals surface area contributed by atoms with Gasteiger partial charge in [-0.3, -0.25) is 0 Å². The molecule has 1 atom stereocenters. The van der Waals surface area contributed by atoms with Crippen LogP contribution in [0.25, 0.3) is 0 Å². The maximum Gasteiger partial charge on any atom is 0.337 e. The molecule has 0 bridgehead atoms. The zero-order valence-corrected chi connectivity index (χ0v) is 12.1. The number of nitrogens with zero attached hydrogens (tertiary/aromatic N) is 2. The van der Waals surface area contributed by atoms with Gasteiger partial charge < -0.3 is 14.9 Å². The summed E-state index contributed by atoms with van der Waals surface area (Å²) in [7, 11) is 2.09. The third kappa shape index (κ3) is 2.67. The van der Waals surface area contributed by atoms with Gasteiger partial charge in [-0.2, -0.15) is 0 Å². The summed E-state index contributed by atoms with van der Waals surface area (Å²) in [6, 6.07) is 5.64. The van der Waals surface area contributed by atoms with E-state index in [2.05, 4.69) is 39.7 Å². The molecule has 1 fully saturated rings. The van der Waals surface area contributed by atoms with Crippen LogP contribution in [0.15, 0.2) is 22.7 Å². The number of aromatic carboxylic acids is 1. The summed E-state index contributed by atoms with van der Waals surface area (Å²) in [6.07, 6.45) is 0. The second-order valence-corrected chi connectivity index (χ2v) is 5.69. The molecule has 0 amide bonds. The summed E-state index contributed by atoms with van der Waals surface area (Å²) in [5.74, 6) is -0.872. The van der Waals surface area contributed by atoms with Crippen molar-refractivity contribution in [2.45, 2.75) is 13.0 Å². The fourth-order valence-corrected chi connectivity index (χ4v) is 2.77. The van der Waals surface area contributed by atoms with Crippen LogP contribution in [-0.4, -0.2) is 48.7 Å². The van der Waals surface area contributed by atoms with Crippen LogP contribution in [0, 0.1) is 0 Å². The van der Waals surface area contributed by atoms with Crippen molar-refractivity contribution >= 4 is 27.6 Å². The van der Waals surface area contributed by atoms with E-state index in [1.807, 2.05) is 6.07 Å². The van der Waals surface area contributed by atoms with Crippen LogP contribution in [0.5, 0.6) is 0 Å². The molecule has 0 aromatic heterocycles. The summed E-state index contributed by atoms with van der Waals surface area (Å²) >= 11 is 3.41. The van der Waals surface area contributed by atoms with Gasteiger partial charge in [0.1, 0.15) is 0 Å². The average molecular weight is 313 g/mol. The Morgan fingerprint density at radius 3 is 2.78 bits per heavy atom. The van der Waals surface area contributed by atoms with E-state index in [0.717, 1.165) is 29.8 Å². The number of rotatable bonds is 2. The fourth-order valence-electron chi connectivity index (χ4n) is 2.42. The maximum absolute atomic E-state index is 11.3. The van der Waals surface area contributed by atoms with E-state index in [9.17, 15) is 9.90 Å². The second kappa shape index (κ2) is 5.28. The number of hydrogen-bond acceptors (Lipinski definition) is 3. The predicted octanol–water partition coefficient (Wildman–Crippen LogP) is 2.29. The van der Waals surface area contributed by atoms with Crippen LogP contribution in [0.4, 0.5) is 5.69 Å². The quantitative estimate of drug-likeness (QED) is 0.910. The zero-order chi connectivity index (χ0) is 13.3. The highest BCUT2D eigenvalue weighted by atomic mass is 79.9. The van der Waals surface area contributed by atoms with Gasteiger partial charge in [-0.25, -0.2) is 4.79 Å². The van der Waals surface area contributed by atoms with Crippen molar-refractivity contribution in [2.24, 2.45) is 0 Å². The molecule has 1 saturated heterocycles. The van der Waals surface area contributed by atoms with Crippen LogP contribution in [-0.2, 0) is 0 Å². The van der Waals surface area contributed by atoms with Crippen molar-refractivity contribution in [1.29, 1.82) is 0 Å². The monoisotopic (exact) mass is 312 g/mol. The fraction of sp³-hybridized carbons (Fsp3) is 0.462. The van der Waals surface area contributed by atoms with Crippen molar-refractivity contribution in [3.8, 4) is 0 Å². The molecular formula is C13H17BrN2O2. The average Bonchev–Trinajstić information content (AvgIpc) is 2.28. The third-order valence-electron chi connectivity index (χ3n) is 3.33. The van der Waals surface area contributed by atoms with E-state index in [0.29, 0.717) is 11.6 Å². The minimum absolute atomic E-state index is 0.316. The van der Waals surface area contributed by atoms with Crippen molar-refractivity contribution in [2.75, 3.05) is 31.6 Å². The first-order chi connectivity index (χ1) is 8.49. The van der Waals surface area contributed by atoms with Crippen molar-refractivity contribution in [1.82, 2.24) is 4.90 Å². The molecule has 1 heterocycles. The Kier molecular flexibility index (Phi) is 3.92. The van der Waals surface area contributed by atoms with Gasteiger partial charge in [0.2, 0.25) is 0 Å². The Balaban J connectivity index is 2.37. The lowest BCUT2D eigenvalue weighted by atomic mass is 10.1. The van der Waals surface area contributed by atoms with Gasteiger partial charge in [0.15, 0.2) is 0 Å². The van der Waals surface area contributed by atoms with Gasteiger partial charge in [-0.1, -0.05) is 15.9 Å². The van der Waals surface area contributed by atoms with Crippen molar-refractivity contribution in [3.05, 3.63) is 28.2 Å². The lowest BCUT2D eigenvalue weighted by Crippen LogP contribution is -2.51. The van der Waals surface area contributed by atoms with Gasteiger partial charge >= 0.3 is 5.97 Å². The van der Waals surface area contributed by atoms with Gasteiger partial charge in [0.25, 0.3) is 0 Å². The molecule has 98 valence electrons. The predicted molar refractivity (Wildman–Crippen MR) is 75.4 cm³/mol. The number of hydrogen-bond donors (Lipinski definition) is 1. The highest BCUT2D eigenvalue weighted by Gasteiger charge is 2.25. The van der Waals surface area contributed by atoms with E-state index in [-0.39, 0.29) is 0 Å². The first-order valence-corrected chi connectivity index (χ1v) is 6.76.